The predicted molar refractivity (Wildman–Crippen MR) is 121 cm³/mol. The fourth-order valence-corrected chi connectivity index (χ4v) is 5.13. The summed E-state index contributed by atoms with van der Waals surface area (Å²) < 4.78 is 5.40. The van der Waals surface area contributed by atoms with Crippen LogP contribution in [0, 0.1) is 17.8 Å². The molecule has 2 aliphatic rings. The van der Waals surface area contributed by atoms with Crippen molar-refractivity contribution in [1.29, 1.82) is 0 Å². The lowest BCUT2D eigenvalue weighted by Crippen LogP contribution is -2.42. The molecule has 1 aromatic rings. The van der Waals surface area contributed by atoms with Crippen LogP contribution in [0.2, 0.25) is 0 Å². The van der Waals surface area contributed by atoms with Gasteiger partial charge in [0.2, 0.25) is 0 Å². The zero-order valence-electron chi connectivity index (χ0n) is 19.8. The van der Waals surface area contributed by atoms with Crippen LogP contribution in [0.25, 0.3) is 0 Å². The molecule has 1 N–H and O–H groups in total. The Morgan fingerprint density at radius 2 is 1.60 bits per heavy atom. The Balaban J connectivity index is 1.62. The highest BCUT2D eigenvalue weighted by atomic mass is 16.5. The number of ether oxygens (including phenoxy) is 1. The van der Waals surface area contributed by atoms with E-state index in [2.05, 4.69) is 59.8 Å². The van der Waals surface area contributed by atoms with Crippen molar-refractivity contribution < 1.29 is 14.3 Å². The maximum atomic E-state index is 12.8. The number of carbonyl (C=O) groups excluding carboxylic acids is 2. The van der Waals surface area contributed by atoms with E-state index in [4.69, 9.17) is 4.74 Å². The monoisotopic (exact) mass is 413 g/mol. The molecule has 4 nitrogen and oxygen atoms in total. The number of benzene rings is 1. The van der Waals surface area contributed by atoms with Crippen molar-refractivity contribution in [3.63, 3.8) is 0 Å². The highest BCUT2D eigenvalue weighted by molar-refractivity contribution is 5.92. The molecule has 0 unspecified atom stereocenters. The van der Waals surface area contributed by atoms with Crippen LogP contribution in [-0.4, -0.2) is 24.5 Å². The Kier molecular flexibility index (Phi) is 6.36. The van der Waals surface area contributed by atoms with E-state index in [1.54, 1.807) is 0 Å². The Hall–Kier alpha value is -1.84. The van der Waals surface area contributed by atoms with Crippen molar-refractivity contribution in [3.05, 3.63) is 34.9 Å². The van der Waals surface area contributed by atoms with Crippen LogP contribution in [0.5, 0.6) is 0 Å². The van der Waals surface area contributed by atoms with E-state index in [1.807, 2.05) is 12.1 Å². The van der Waals surface area contributed by atoms with Gasteiger partial charge < -0.3 is 10.1 Å². The summed E-state index contributed by atoms with van der Waals surface area (Å²) in [4.78, 5) is 25.2. The molecule has 0 heterocycles. The fraction of sp³-hybridized carbons (Fsp3) is 0.692. The largest absolute Gasteiger partial charge is 0.452 e. The molecule has 0 aromatic heterocycles. The standard InChI is InChI=1S/C26H39NO3/c1-16(22-11-17-8-9-18(22)10-17)27-23(28)15-30-24(29)19-12-20(25(2,3)4)14-21(13-19)26(5,6)7/h12-14,16-18,22H,8-11,15H2,1-7H3,(H,27,28)/t16-,17-,18-,22+/m0/s1. The summed E-state index contributed by atoms with van der Waals surface area (Å²) in [5.74, 6) is 1.53. The van der Waals surface area contributed by atoms with Crippen LogP contribution in [0.3, 0.4) is 0 Å². The summed E-state index contributed by atoms with van der Waals surface area (Å²) in [7, 11) is 0. The number of rotatable bonds is 5. The fourth-order valence-electron chi connectivity index (χ4n) is 5.13. The smallest absolute Gasteiger partial charge is 0.338 e. The van der Waals surface area contributed by atoms with Gasteiger partial charge in [-0.05, 0) is 78.0 Å². The van der Waals surface area contributed by atoms with E-state index in [0.717, 1.165) is 23.0 Å². The van der Waals surface area contributed by atoms with Crippen molar-refractivity contribution >= 4 is 11.9 Å². The second-order valence-corrected chi connectivity index (χ2v) is 11.6. The number of carbonyl (C=O) groups is 2. The molecule has 0 saturated heterocycles. The topological polar surface area (TPSA) is 55.4 Å². The zero-order valence-corrected chi connectivity index (χ0v) is 19.8. The van der Waals surface area contributed by atoms with Gasteiger partial charge in [-0.1, -0.05) is 54.0 Å². The minimum Gasteiger partial charge on any atom is -0.452 e. The van der Waals surface area contributed by atoms with E-state index in [-0.39, 0.29) is 29.4 Å². The second kappa shape index (κ2) is 8.36. The summed E-state index contributed by atoms with van der Waals surface area (Å²) in [6.45, 7) is 14.7. The van der Waals surface area contributed by atoms with Crippen LogP contribution >= 0.6 is 0 Å². The molecule has 166 valence electrons. The van der Waals surface area contributed by atoms with Crippen molar-refractivity contribution in [2.45, 2.75) is 91.0 Å². The molecule has 30 heavy (non-hydrogen) atoms. The SMILES string of the molecule is C[C@H](NC(=O)COC(=O)c1cc(C(C)(C)C)cc(C(C)(C)C)c1)[C@H]1C[C@H]2CC[C@H]1C2. The van der Waals surface area contributed by atoms with E-state index in [0.29, 0.717) is 11.5 Å². The van der Waals surface area contributed by atoms with E-state index < -0.39 is 5.97 Å². The Bertz CT molecular complexity index is 767. The molecule has 2 aliphatic carbocycles. The van der Waals surface area contributed by atoms with Gasteiger partial charge in [-0.2, -0.15) is 0 Å². The van der Waals surface area contributed by atoms with Gasteiger partial charge in [0.05, 0.1) is 5.56 Å². The third-order valence-electron chi connectivity index (χ3n) is 7.06. The number of fused-ring (bicyclic) bond motifs is 2. The quantitative estimate of drug-likeness (QED) is 0.660. The van der Waals surface area contributed by atoms with E-state index in [9.17, 15) is 9.59 Å². The first kappa shape index (κ1) is 22.8. The molecule has 3 rings (SSSR count). The van der Waals surface area contributed by atoms with Crippen molar-refractivity contribution in [1.82, 2.24) is 5.32 Å². The summed E-state index contributed by atoms with van der Waals surface area (Å²) in [6, 6.07) is 6.10. The predicted octanol–water partition coefficient (Wildman–Crippen LogP) is 5.38. The first-order chi connectivity index (χ1) is 13.8. The molecule has 0 aliphatic heterocycles. The van der Waals surface area contributed by atoms with Crippen LogP contribution in [0.15, 0.2) is 18.2 Å². The highest BCUT2D eigenvalue weighted by Crippen LogP contribution is 2.49. The van der Waals surface area contributed by atoms with Gasteiger partial charge in [-0.15, -0.1) is 0 Å². The number of hydrogen-bond donors (Lipinski definition) is 1. The maximum Gasteiger partial charge on any atom is 0.338 e. The lowest BCUT2D eigenvalue weighted by Gasteiger charge is -2.28. The van der Waals surface area contributed by atoms with E-state index >= 15 is 0 Å². The lowest BCUT2D eigenvalue weighted by molar-refractivity contribution is -0.125. The van der Waals surface area contributed by atoms with Crippen LogP contribution in [-0.2, 0) is 20.4 Å². The van der Waals surface area contributed by atoms with Gasteiger partial charge in [0.15, 0.2) is 6.61 Å². The molecule has 2 fully saturated rings. The normalized spacial score (nSPS) is 24.6. The minimum absolute atomic E-state index is 0.0796. The van der Waals surface area contributed by atoms with Gasteiger partial charge >= 0.3 is 5.97 Å². The van der Waals surface area contributed by atoms with Gasteiger partial charge in [0, 0.05) is 6.04 Å². The van der Waals surface area contributed by atoms with E-state index in [1.165, 1.54) is 25.7 Å². The molecule has 2 bridgehead atoms. The molecular formula is C26H39NO3. The van der Waals surface area contributed by atoms with Crippen LogP contribution in [0.4, 0.5) is 0 Å². The molecule has 1 amide bonds. The van der Waals surface area contributed by atoms with Gasteiger partial charge in [-0.25, -0.2) is 4.79 Å². The third-order valence-corrected chi connectivity index (χ3v) is 7.06. The Labute approximate surface area is 182 Å². The molecule has 0 spiro atoms. The third kappa shape index (κ3) is 5.25. The number of hydrogen-bond acceptors (Lipinski definition) is 3. The zero-order chi connectivity index (χ0) is 22.3. The van der Waals surface area contributed by atoms with Gasteiger partial charge in [0.25, 0.3) is 5.91 Å². The maximum absolute atomic E-state index is 12.8. The molecule has 1 aromatic carbocycles. The average molecular weight is 414 g/mol. The highest BCUT2D eigenvalue weighted by Gasteiger charge is 2.42. The molecule has 2 saturated carbocycles. The number of nitrogens with one attached hydrogen (secondary N) is 1. The molecule has 0 radical (unpaired) electrons. The van der Waals surface area contributed by atoms with Gasteiger partial charge in [-0.3, -0.25) is 4.79 Å². The second-order valence-electron chi connectivity index (χ2n) is 11.6. The van der Waals surface area contributed by atoms with Crippen molar-refractivity contribution in [2.24, 2.45) is 17.8 Å². The number of amides is 1. The Morgan fingerprint density at radius 1 is 1.00 bits per heavy atom. The van der Waals surface area contributed by atoms with Crippen LogP contribution < -0.4 is 5.32 Å². The van der Waals surface area contributed by atoms with Crippen LogP contribution in [0.1, 0.15) is 95.6 Å². The minimum atomic E-state index is -0.436. The average Bonchev–Trinajstić information content (AvgIpc) is 3.27. The van der Waals surface area contributed by atoms with Crippen molar-refractivity contribution in [3.8, 4) is 0 Å². The van der Waals surface area contributed by atoms with Crippen molar-refractivity contribution in [2.75, 3.05) is 6.61 Å². The first-order valence-corrected chi connectivity index (χ1v) is 11.5. The summed E-state index contributed by atoms with van der Waals surface area (Å²) >= 11 is 0. The summed E-state index contributed by atoms with van der Waals surface area (Å²) in [6.07, 6.45) is 5.19. The lowest BCUT2D eigenvalue weighted by atomic mass is 9.79. The Morgan fingerprint density at radius 3 is 2.07 bits per heavy atom. The summed E-state index contributed by atoms with van der Waals surface area (Å²) in [5.41, 5.74) is 2.54. The van der Waals surface area contributed by atoms with Gasteiger partial charge in [0.1, 0.15) is 0 Å². The number of esters is 1. The summed E-state index contributed by atoms with van der Waals surface area (Å²) in [5, 5.41) is 3.07. The molecule has 4 atom stereocenters. The first-order valence-electron chi connectivity index (χ1n) is 11.5. The molecule has 4 heteroatoms. The molecular weight excluding hydrogens is 374 g/mol.